The number of nitrogens with one attached hydrogen (secondary N) is 1. The maximum atomic E-state index is 12.6. The molecule has 21 heavy (non-hydrogen) atoms. The molecule has 0 unspecified atom stereocenters. The highest BCUT2D eigenvalue weighted by Gasteiger charge is 2.34. The Morgan fingerprint density at radius 3 is 2.57 bits per heavy atom. The molecule has 2 saturated carbocycles. The van der Waals surface area contributed by atoms with E-state index in [1.165, 1.54) is 6.42 Å². The van der Waals surface area contributed by atoms with Crippen LogP contribution in [0.1, 0.15) is 63.6 Å². The zero-order valence-electron chi connectivity index (χ0n) is 12.5. The summed E-state index contributed by atoms with van der Waals surface area (Å²) < 4.78 is 30.1. The lowest BCUT2D eigenvalue weighted by molar-refractivity contribution is 0.270. The summed E-state index contributed by atoms with van der Waals surface area (Å²) in [6.45, 7) is 1.87. The molecule has 1 heterocycles. The second-order valence-corrected chi connectivity index (χ2v) is 8.37. The van der Waals surface area contributed by atoms with E-state index in [0.717, 1.165) is 38.5 Å². The Kier molecular flexibility index (Phi) is 3.88. The highest BCUT2D eigenvalue weighted by molar-refractivity contribution is 7.89. The van der Waals surface area contributed by atoms with E-state index in [9.17, 15) is 13.5 Å². The van der Waals surface area contributed by atoms with Crippen molar-refractivity contribution in [3.05, 3.63) is 18.0 Å². The maximum absolute atomic E-state index is 12.6. The Balaban J connectivity index is 1.84. The first kappa shape index (κ1) is 15.1. The second kappa shape index (κ2) is 5.41. The average molecular weight is 312 g/mol. The van der Waals surface area contributed by atoms with E-state index in [2.05, 4.69) is 4.72 Å². The first-order valence-corrected chi connectivity index (χ1v) is 9.27. The average Bonchev–Trinajstić information content (AvgIpc) is 3.17. The molecule has 118 valence electrons. The predicted molar refractivity (Wildman–Crippen MR) is 80.4 cm³/mol. The van der Waals surface area contributed by atoms with Crippen LogP contribution in [0.2, 0.25) is 0 Å². The monoisotopic (exact) mass is 312 g/mol. The van der Waals surface area contributed by atoms with Crippen LogP contribution in [0.25, 0.3) is 0 Å². The van der Waals surface area contributed by atoms with Crippen LogP contribution in [-0.2, 0) is 16.6 Å². The van der Waals surface area contributed by atoms with Gasteiger partial charge < -0.3 is 9.67 Å². The summed E-state index contributed by atoms with van der Waals surface area (Å²) in [6.07, 6.45) is 8.92. The summed E-state index contributed by atoms with van der Waals surface area (Å²) in [4.78, 5) is 0.283. The van der Waals surface area contributed by atoms with Crippen LogP contribution in [0.4, 0.5) is 0 Å². The lowest BCUT2D eigenvalue weighted by Crippen LogP contribution is -2.46. The fourth-order valence-corrected chi connectivity index (χ4v) is 4.79. The number of hydrogen-bond acceptors (Lipinski definition) is 3. The summed E-state index contributed by atoms with van der Waals surface area (Å²) in [5.74, 6) is 0. The summed E-state index contributed by atoms with van der Waals surface area (Å²) in [7, 11) is -3.52. The third-order valence-electron chi connectivity index (χ3n) is 4.66. The van der Waals surface area contributed by atoms with Crippen molar-refractivity contribution in [3.63, 3.8) is 0 Å². The highest BCUT2D eigenvalue weighted by Crippen LogP contribution is 2.37. The van der Waals surface area contributed by atoms with Crippen LogP contribution in [-0.4, -0.2) is 23.6 Å². The molecule has 5 nitrogen and oxygen atoms in total. The van der Waals surface area contributed by atoms with Crippen molar-refractivity contribution >= 4 is 10.0 Å². The maximum Gasteiger partial charge on any atom is 0.242 e. The molecule has 3 rings (SSSR count). The highest BCUT2D eigenvalue weighted by atomic mass is 32.2. The molecule has 2 aliphatic carbocycles. The SMILES string of the molecule is CC1(NS(=O)(=O)c2cc(CO)n(C3CC3)c2)CCCCC1. The Hall–Kier alpha value is -0.850. The molecule has 0 bridgehead atoms. The first-order valence-electron chi connectivity index (χ1n) is 7.79. The normalized spacial score (nSPS) is 22.4. The minimum Gasteiger partial charge on any atom is -0.390 e. The van der Waals surface area contributed by atoms with Crippen LogP contribution < -0.4 is 4.72 Å². The van der Waals surface area contributed by atoms with Gasteiger partial charge in [-0.05, 0) is 38.7 Å². The molecule has 0 aromatic carbocycles. The van der Waals surface area contributed by atoms with Crippen molar-refractivity contribution < 1.29 is 13.5 Å². The van der Waals surface area contributed by atoms with E-state index in [4.69, 9.17) is 0 Å². The van der Waals surface area contributed by atoms with Crippen molar-refractivity contribution in [1.29, 1.82) is 0 Å². The van der Waals surface area contributed by atoms with Crippen molar-refractivity contribution in [2.45, 2.75) is 75.0 Å². The predicted octanol–water partition coefficient (Wildman–Crippen LogP) is 2.32. The number of hydrogen-bond donors (Lipinski definition) is 2. The van der Waals surface area contributed by atoms with Crippen molar-refractivity contribution in [2.75, 3.05) is 0 Å². The Morgan fingerprint density at radius 2 is 2.00 bits per heavy atom. The number of sulfonamides is 1. The second-order valence-electron chi connectivity index (χ2n) is 6.69. The van der Waals surface area contributed by atoms with Gasteiger partial charge in [-0.25, -0.2) is 13.1 Å². The molecule has 0 amide bonds. The standard InChI is InChI=1S/C15H24N2O3S/c1-15(7-3-2-4-8-15)16-21(19,20)14-9-13(11-18)17(10-14)12-5-6-12/h9-10,12,16,18H,2-8,11H2,1H3. The van der Waals surface area contributed by atoms with E-state index in [-0.39, 0.29) is 17.0 Å². The van der Waals surface area contributed by atoms with E-state index in [0.29, 0.717) is 11.7 Å². The van der Waals surface area contributed by atoms with Gasteiger partial charge in [-0.2, -0.15) is 0 Å². The van der Waals surface area contributed by atoms with Gasteiger partial charge in [0.05, 0.1) is 6.61 Å². The molecular formula is C15H24N2O3S. The van der Waals surface area contributed by atoms with E-state index in [1.54, 1.807) is 12.3 Å². The third-order valence-corrected chi connectivity index (χ3v) is 6.26. The van der Waals surface area contributed by atoms with Crippen molar-refractivity contribution in [3.8, 4) is 0 Å². The molecule has 6 heteroatoms. The third kappa shape index (κ3) is 3.17. The molecule has 2 N–H and O–H groups in total. The Bertz CT molecular complexity index is 611. The Labute approximate surface area is 126 Å². The van der Waals surface area contributed by atoms with Crippen LogP contribution in [0.3, 0.4) is 0 Å². The largest absolute Gasteiger partial charge is 0.390 e. The zero-order chi connectivity index (χ0) is 15.1. The first-order chi connectivity index (χ1) is 9.93. The van der Waals surface area contributed by atoms with Gasteiger partial charge in [-0.3, -0.25) is 0 Å². The molecule has 0 aliphatic heterocycles. The van der Waals surface area contributed by atoms with Gasteiger partial charge in [0.1, 0.15) is 4.90 Å². The van der Waals surface area contributed by atoms with Gasteiger partial charge in [0, 0.05) is 23.5 Å². The van der Waals surface area contributed by atoms with Gasteiger partial charge in [-0.1, -0.05) is 19.3 Å². The molecule has 1 aromatic rings. The Morgan fingerprint density at radius 1 is 1.33 bits per heavy atom. The topological polar surface area (TPSA) is 71.3 Å². The molecule has 1 aromatic heterocycles. The van der Waals surface area contributed by atoms with E-state index < -0.39 is 10.0 Å². The lowest BCUT2D eigenvalue weighted by Gasteiger charge is -2.33. The van der Waals surface area contributed by atoms with Gasteiger partial charge in [0.25, 0.3) is 0 Å². The number of aromatic nitrogens is 1. The van der Waals surface area contributed by atoms with Crippen LogP contribution in [0.15, 0.2) is 17.2 Å². The molecule has 0 atom stereocenters. The number of aliphatic hydroxyl groups excluding tert-OH is 1. The van der Waals surface area contributed by atoms with E-state index >= 15 is 0 Å². The van der Waals surface area contributed by atoms with Gasteiger partial charge >= 0.3 is 0 Å². The number of nitrogens with zero attached hydrogens (tertiary/aromatic N) is 1. The molecule has 0 radical (unpaired) electrons. The van der Waals surface area contributed by atoms with Crippen LogP contribution in [0.5, 0.6) is 0 Å². The lowest BCUT2D eigenvalue weighted by atomic mass is 9.84. The quantitative estimate of drug-likeness (QED) is 0.876. The van der Waals surface area contributed by atoms with Crippen LogP contribution >= 0.6 is 0 Å². The summed E-state index contributed by atoms with van der Waals surface area (Å²) >= 11 is 0. The molecular weight excluding hydrogens is 288 g/mol. The van der Waals surface area contributed by atoms with Crippen LogP contribution in [0, 0.1) is 0 Å². The summed E-state index contributed by atoms with van der Waals surface area (Å²) in [5, 5.41) is 9.41. The minimum atomic E-state index is -3.52. The molecule has 2 fully saturated rings. The molecule has 0 spiro atoms. The van der Waals surface area contributed by atoms with E-state index in [1.807, 2.05) is 11.5 Å². The molecule has 0 saturated heterocycles. The fourth-order valence-electron chi connectivity index (χ4n) is 3.28. The van der Waals surface area contributed by atoms with Crippen molar-refractivity contribution in [2.24, 2.45) is 0 Å². The van der Waals surface area contributed by atoms with Gasteiger partial charge in [-0.15, -0.1) is 0 Å². The summed E-state index contributed by atoms with van der Waals surface area (Å²) in [5.41, 5.74) is 0.352. The van der Waals surface area contributed by atoms with Gasteiger partial charge in [0.15, 0.2) is 0 Å². The minimum absolute atomic E-state index is 0.122. The zero-order valence-corrected chi connectivity index (χ0v) is 13.3. The summed E-state index contributed by atoms with van der Waals surface area (Å²) in [6, 6.07) is 1.97. The number of rotatable bonds is 5. The van der Waals surface area contributed by atoms with Crippen molar-refractivity contribution in [1.82, 2.24) is 9.29 Å². The smallest absolute Gasteiger partial charge is 0.242 e. The molecule has 2 aliphatic rings. The van der Waals surface area contributed by atoms with Gasteiger partial charge in [0.2, 0.25) is 10.0 Å². The fraction of sp³-hybridized carbons (Fsp3) is 0.733. The number of aliphatic hydroxyl groups is 1.